The predicted octanol–water partition coefficient (Wildman–Crippen LogP) is 3.24. The zero-order valence-corrected chi connectivity index (χ0v) is 21.8. The predicted molar refractivity (Wildman–Crippen MR) is 137 cm³/mol. The highest BCUT2D eigenvalue weighted by Crippen LogP contribution is 2.28. The van der Waals surface area contributed by atoms with Gasteiger partial charge in [0.15, 0.2) is 6.10 Å². The first-order valence-electron chi connectivity index (χ1n) is 12.8. The van der Waals surface area contributed by atoms with Crippen molar-refractivity contribution in [3.63, 3.8) is 0 Å². The Morgan fingerprint density at radius 2 is 1.59 bits per heavy atom. The summed E-state index contributed by atoms with van der Waals surface area (Å²) >= 11 is 0. The van der Waals surface area contributed by atoms with E-state index in [4.69, 9.17) is 14.2 Å². The van der Waals surface area contributed by atoms with E-state index in [0.29, 0.717) is 6.54 Å². The van der Waals surface area contributed by atoms with Crippen LogP contribution in [-0.2, 0) is 30.8 Å². The fourth-order valence-electron chi connectivity index (χ4n) is 4.80. The van der Waals surface area contributed by atoms with E-state index in [0.717, 1.165) is 31.2 Å². The molecule has 1 atom stereocenters. The molecule has 1 aliphatic carbocycles. The number of ether oxygens (including phenoxy) is 3. The molecule has 10 heteroatoms. The van der Waals surface area contributed by atoms with Crippen LogP contribution in [0.15, 0.2) is 65.6 Å². The third-order valence-electron chi connectivity index (χ3n) is 6.68. The highest BCUT2D eigenvalue weighted by molar-refractivity contribution is 7.89. The molecule has 4 rings (SSSR count). The van der Waals surface area contributed by atoms with Crippen molar-refractivity contribution < 1.29 is 32.5 Å². The fraction of sp³-hybridized carbons (Fsp3) is 0.519. The molecule has 37 heavy (non-hydrogen) atoms. The lowest BCUT2D eigenvalue weighted by Crippen LogP contribution is -2.46. The maximum absolute atomic E-state index is 13.5. The van der Waals surface area contributed by atoms with E-state index in [-0.39, 0.29) is 50.5 Å². The van der Waals surface area contributed by atoms with Gasteiger partial charge in [0.2, 0.25) is 10.0 Å². The first-order valence-corrected chi connectivity index (χ1v) is 14.2. The van der Waals surface area contributed by atoms with Crippen molar-refractivity contribution in [2.75, 3.05) is 39.6 Å². The van der Waals surface area contributed by atoms with Gasteiger partial charge in [-0.25, -0.2) is 13.2 Å². The minimum Gasteiger partial charge on any atom is -0.441 e. The van der Waals surface area contributed by atoms with E-state index >= 15 is 0 Å². The number of sulfonamides is 1. The van der Waals surface area contributed by atoms with E-state index in [2.05, 4.69) is 0 Å². The van der Waals surface area contributed by atoms with Gasteiger partial charge >= 0.3 is 6.09 Å². The Balaban J connectivity index is 1.48. The average Bonchev–Trinajstić information content (AvgIpc) is 3.43. The summed E-state index contributed by atoms with van der Waals surface area (Å²) in [6.45, 7) is 0.964. The van der Waals surface area contributed by atoms with Crippen molar-refractivity contribution in [1.29, 1.82) is 0 Å². The molecule has 9 nitrogen and oxygen atoms in total. The van der Waals surface area contributed by atoms with Gasteiger partial charge in [0.05, 0.1) is 30.8 Å². The molecule has 1 amide bonds. The van der Waals surface area contributed by atoms with Gasteiger partial charge in [0.25, 0.3) is 0 Å². The number of nitrogens with zero attached hydrogens (tertiary/aromatic N) is 2. The Labute approximate surface area is 219 Å². The summed E-state index contributed by atoms with van der Waals surface area (Å²) in [5, 5.41) is 11.1. The van der Waals surface area contributed by atoms with Crippen molar-refractivity contribution in [2.24, 2.45) is 5.92 Å². The molecule has 2 aromatic rings. The molecule has 1 aliphatic heterocycles. The molecule has 1 N–H and O–H groups in total. The standard InChI is InChI=1S/C27H36N2O7S/c30-24(18-29(16-23-11-7-8-12-23)37(32,33)26-13-5-2-6-14-26)17-28(15-22-9-3-1-4-10-22)27(31)36-25-19-34-21-35-20-25/h1-6,9-10,13-14,23-25,30H,7-8,11-12,15-21H2. The molecule has 1 saturated carbocycles. The second-order valence-corrected chi connectivity index (χ2v) is 11.6. The second-order valence-electron chi connectivity index (χ2n) is 9.67. The number of aliphatic hydroxyl groups is 1. The fourth-order valence-corrected chi connectivity index (χ4v) is 6.37. The highest BCUT2D eigenvalue weighted by atomic mass is 32.2. The van der Waals surface area contributed by atoms with Crippen molar-refractivity contribution in [2.45, 2.75) is 49.3 Å². The Morgan fingerprint density at radius 3 is 2.24 bits per heavy atom. The number of carbonyl (C=O) groups is 1. The summed E-state index contributed by atoms with van der Waals surface area (Å²) in [5.41, 5.74) is 0.863. The summed E-state index contributed by atoms with van der Waals surface area (Å²) in [5.74, 6) is 0.252. The summed E-state index contributed by atoms with van der Waals surface area (Å²) in [4.78, 5) is 14.7. The van der Waals surface area contributed by atoms with Crippen LogP contribution in [-0.4, -0.2) is 80.7 Å². The maximum Gasteiger partial charge on any atom is 0.410 e. The normalized spacial score (nSPS) is 18.1. The first kappa shape index (κ1) is 27.5. The Kier molecular flexibility index (Phi) is 9.93. The number of hydrogen-bond donors (Lipinski definition) is 1. The lowest BCUT2D eigenvalue weighted by Gasteiger charge is -2.31. The van der Waals surface area contributed by atoms with Gasteiger partial charge in [-0.3, -0.25) is 0 Å². The van der Waals surface area contributed by atoms with Gasteiger partial charge in [-0.05, 0) is 36.5 Å². The molecule has 202 valence electrons. The zero-order valence-electron chi connectivity index (χ0n) is 21.0. The summed E-state index contributed by atoms with van der Waals surface area (Å²) < 4.78 is 44.4. The molecule has 0 spiro atoms. The summed E-state index contributed by atoms with van der Waals surface area (Å²) in [6, 6.07) is 17.7. The molecule has 0 radical (unpaired) electrons. The molecule has 0 bridgehead atoms. The van der Waals surface area contributed by atoms with Gasteiger partial charge in [0, 0.05) is 19.6 Å². The van der Waals surface area contributed by atoms with Crippen LogP contribution in [0, 0.1) is 5.92 Å². The second kappa shape index (κ2) is 13.3. The van der Waals surface area contributed by atoms with Gasteiger partial charge in [0.1, 0.15) is 6.79 Å². The quantitative estimate of drug-likeness (QED) is 0.474. The summed E-state index contributed by atoms with van der Waals surface area (Å²) in [6.07, 6.45) is 1.82. The average molecular weight is 533 g/mol. The van der Waals surface area contributed by atoms with Crippen LogP contribution < -0.4 is 0 Å². The molecule has 0 aromatic heterocycles. The first-order chi connectivity index (χ1) is 17.9. The van der Waals surface area contributed by atoms with Crippen LogP contribution in [0.4, 0.5) is 4.79 Å². The van der Waals surface area contributed by atoms with E-state index in [1.165, 1.54) is 9.21 Å². The molecule has 2 aliphatic rings. The smallest absolute Gasteiger partial charge is 0.410 e. The third kappa shape index (κ3) is 7.99. The van der Waals surface area contributed by atoms with E-state index < -0.39 is 28.3 Å². The Morgan fingerprint density at radius 1 is 0.973 bits per heavy atom. The topological polar surface area (TPSA) is 106 Å². The molecule has 2 fully saturated rings. The lowest BCUT2D eigenvalue weighted by molar-refractivity contribution is -0.154. The molecular formula is C27H36N2O7S. The van der Waals surface area contributed by atoms with Crippen molar-refractivity contribution >= 4 is 16.1 Å². The molecule has 1 unspecified atom stereocenters. The van der Waals surface area contributed by atoms with E-state index in [1.54, 1.807) is 30.3 Å². The van der Waals surface area contributed by atoms with Crippen LogP contribution in [0.25, 0.3) is 0 Å². The van der Waals surface area contributed by atoms with E-state index in [1.807, 2.05) is 30.3 Å². The Bertz CT molecular complexity index is 1070. The van der Waals surface area contributed by atoms with Crippen LogP contribution in [0.3, 0.4) is 0 Å². The molecule has 1 heterocycles. The molecular weight excluding hydrogens is 496 g/mol. The monoisotopic (exact) mass is 532 g/mol. The van der Waals surface area contributed by atoms with Crippen LogP contribution in [0.2, 0.25) is 0 Å². The number of hydrogen-bond acceptors (Lipinski definition) is 7. The molecule has 1 saturated heterocycles. The van der Waals surface area contributed by atoms with Crippen LogP contribution in [0.5, 0.6) is 0 Å². The zero-order chi connectivity index (χ0) is 26.1. The number of amides is 1. The molecule has 2 aromatic carbocycles. The van der Waals surface area contributed by atoms with Crippen molar-refractivity contribution in [3.05, 3.63) is 66.2 Å². The van der Waals surface area contributed by atoms with E-state index in [9.17, 15) is 18.3 Å². The number of benzene rings is 2. The van der Waals surface area contributed by atoms with Crippen LogP contribution in [0.1, 0.15) is 31.2 Å². The highest BCUT2D eigenvalue weighted by Gasteiger charge is 2.32. The number of aliphatic hydroxyl groups excluding tert-OH is 1. The summed E-state index contributed by atoms with van der Waals surface area (Å²) in [7, 11) is -3.82. The van der Waals surface area contributed by atoms with Crippen molar-refractivity contribution in [1.82, 2.24) is 9.21 Å². The third-order valence-corrected chi connectivity index (χ3v) is 8.53. The SMILES string of the molecule is O=C(OC1COCOC1)N(Cc1ccccc1)CC(O)CN(CC1CCCC1)S(=O)(=O)c1ccccc1. The van der Waals surface area contributed by atoms with Crippen LogP contribution >= 0.6 is 0 Å². The van der Waals surface area contributed by atoms with Crippen molar-refractivity contribution in [3.8, 4) is 0 Å². The van der Waals surface area contributed by atoms with Gasteiger partial charge in [-0.15, -0.1) is 0 Å². The lowest BCUT2D eigenvalue weighted by atomic mass is 10.1. The Hall–Kier alpha value is -2.50. The minimum atomic E-state index is -3.82. The number of carbonyl (C=O) groups excluding carboxylic acids is 1. The van der Waals surface area contributed by atoms with Gasteiger partial charge < -0.3 is 24.2 Å². The van der Waals surface area contributed by atoms with Gasteiger partial charge in [-0.2, -0.15) is 4.31 Å². The van der Waals surface area contributed by atoms with Gasteiger partial charge in [-0.1, -0.05) is 61.4 Å². The number of rotatable bonds is 11. The minimum absolute atomic E-state index is 0.0896. The largest absolute Gasteiger partial charge is 0.441 e. The maximum atomic E-state index is 13.5.